The van der Waals surface area contributed by atoms with Crippen LogP contribution in [-0.4, -0.2) is 10.1 Å². The van der Waals surface area contributed by atoms with Crippen molar-refractivity contribution in [2.75, 3.05) is 0 Å². The molecule has 0 aliphatic heterocycles. The van der Waals surface area contributed by atoms with Crippen LogP contribution < -0.4 is 0 Å². The van der Waals surface area contributed by atoms with Crippen molar-refractivity contribution in [3.05, 3.63) is 23.1 Å². The molecule has 2 aromatic rings. The molecule has 3 heteroatoms. The molecule has 0 amide bonds. The molecule has 0 fully saturated rings. The molecule has 1 aromatic carbocycles. The van der Waals surface area contributed by atoms with Crippen molar-refractivity contribution in [1.82, 2.24) is 4.98 Å². The van der Waals surface area contributed by atoms with Crippen molar-refractivity contribution in [2.45, 2.75) is 32.6 Å². The summed E-state index contributed by atoms with van der Waals surface area (Å²) in [7, 11) is 0. The number of aryl methyl sites for hydroxylation is 2. The molecule has 15 heavy (non-hydrogen) atoms. The summed E-state index contributed by atoms with van der Waals surface area (Å²) in [5.74, 6) is 1.05. The highest BCUT2D eigenvalue weighted by atomic mass is 16.3. The SMILES string of the molecule is Cc1nc2cc(O)c3c(c2o1)CCCC3. The van der Waals surface area contributed by atoms with E-state index >= 15 is 0 Å². The van der Waals surface area contributed by atoms with Gasteiger partial charge in [-0.1, -0.05) is 0 Å². The zero-order chi connectivity index (χ0) is 10.4. The Morgan fingerprint density at radius 1 is 1.27 bits per heavy atom. The summed E-state index contributed by atoms with van der Waals surface area (Å²) in [5.41, 5.74) is 3.88. The van der Waals surface area contributed by atoms with Gasteiger partial charge in [0.25, 0.3) is 0 Å². The Bertz CT molecular complexity index is 528. The Hall–Kier alpha value is -1.51. The Kier molecular flexibility index (Phi) is 1.75. The maximum atomic E-state index is 9.88. The molecule has 78 valence electrons. The lowest BCUT2D eigenvalue weighted by atomic mass is 9.90. The maximum absolute atomic E-state index is 9.88. The van der Waals surface area contributed by atoms with E-state index in [1.165, 1.54) is 6.42 Å². The van der Waals surface area contributed by atoms with Gasteiger partial charge in [-0.05, 0) is 25.7 Å². The molecular weight excluding hydrogens is 190 g/mol. The first kappa shape index (κ1) is 8.77. The lowest BCUT2D eigenvalue weighted by molar-refractivity contribution is 0.462. The number of benzene rings is 1. The Morgan fingerprint density at radius 2 is 2.00 bits per heavy atom. The lowest BCUT2D eigenvalue weighted by Gasteiger charge is -2.16. The van der Waals surface area contributed by atoms with Gasteiger partial charge in [0.1, 0.15) is 11.3 Å². The van der Waals surface area contributed by atoms with E-state index in [2.05, 4.69) is 4.98 Å². The lowest BCUT2D eigenvalue weighted by Crippen LogP contribution is -2.03. The molecule has 0 radical (unpaired) electrons. The summed E-state index contributed by atoms with van der Waals surface area (Å²) in [5, 5.41) is 9.88. The molecule has 0 spiro atoms. The second-order valence-electron chi connectivity index (χ2n) is 4.14. The van der Waals surface area contributed by atoms with Crippen molar-refractivity contribution >= 4 is 11.1 Å². The zero-order valence-electron chi connectivity index (χ0n) is 8.71. The van der Waals surface area contributed by atoms with Crippen LogP contribution in [0.4, 0.5) is 0 Å². The summed E-state index contributed by atoms with van der Waals surface area (Å²) < 4.78 is 5.60. The number of rotatable bonds is 0. The molecule has 3 rings (SSSR count). The minimum atomic E-state index is 0.380. The normalized spacial score (nSPS) is 15.5. The van der Waals surface area contributed by atoms with Crippen LogP contribution in [0.2, 0.25) is 0 Å². The number of oxazole rings is 1. The molecule has 1 N–H and O–H groups in total. The largest absolute Gasteiger partial charge is 0.508 e. The average molecular weight is 203 g/mol. The van der Waals surface area contributed by atoms with Gasteiger partial charge < -0.3 is 9.52 Å². The van der Waals surface area contributed by atoms with Gasteiger partial charge in [0.05, 0.1) is 0 Å². The van der Waals surface area contributed by atoms with E-state index in [4.69, 9.17) is 4.42 Å². The molecule has 0 bridgehead atoms. The van der Waals surface area contributed by atoms with Crippen LogP contribution in [-0.2, 0) is 12.8 Å². The van der Waals surface area contributed by atoms with Gasteiger partial charge in [-0.3, -0.25) is 0 Å². The number of fused-ring (bicyclic) bond motifs is 3. The minimum Gasteiger partial charge on any atom is -0.508 e. The fourth-order valence-electron chi connectivity index (χ4n) is 2.41. The number of aromatic nitrogens is 1. The van der Waals surface area contributed by atoms with Crippen LogP contribution in [0.15, 0.2) is 10.5 Å². The second kappa shape index (κ2) is 2.99. The molecular formula is C12H13NO2. The molecule has 0 saturated heterocycles. The Morgan fingerprint density at radius 3 is 2.80 bits per heavy atom. The van der Waals surface area contributed by atoms with Crippen LogP contribution in [0, 0.1) is 6.92 Å². The van der Waals surface area contributed by atoms with Gasteiger partial charge in [0.15, 0.2) is 11.5 Å². The van der Waals surface area contributed by atoms with Gasteiger partial charge in [0.2, 0.25) is 0 Å². The van der Waals surface area contributed by atoms with Crippen molar-refractivity contribution in [3.63, 3.8) is 0 Å². The van der Waals surface area contributed by atoms with Crippen LogP contribution in [0.25, 0.3) is 11.1 Å². The standard InChI is InChI=1S/C12H13NO2/c1-7-13-10-6-11(14)8-4-2-3-5-9(8)12(10)15-7/h6,14H,2-5H2,1H3. The van der Waals surface area contributed by atoms with Crippen molar-refractivity contribution in [1.29, 1.82) is 0 Å². The predicted molar refractivity (Wildman–Crippen MR) is 57.1 cm³/mol. The van der Waals surface area contributed by atoms with Crippen LogP contribution in [0.1, 0.15) is 29.9 Å². The summed E-state index contributed by atoms with van der Waals surface area (Å²) in [6, 6.07) is 1.72. The van der Waals surface area contributed by atoms with Crippen LogP contribution >= 0.6 is 0 Å². The van der Waals surface area contributed by atoms with E-state index in [1.54, 1.807) is 6.07 Å². The number of hydrogen-bond acceptors (Lipinski definition) is 3. The van der Waals surface area contributed by atoms with Crippen molar-refractivity contribution in [2.24, 2.45) is 0 Å². The van der Waals surface area contributed by atoms with Gasteiger partial charge in [-0.2, -0.15) is 0 Å². The minimum absolute atomic E-state index is 0.380. The van der Waals surface area contributed by atoms with Crippen LogP contribution in [0.5, 0.6) is 5.75 Å². The quantitative estimate of drug-likeness (QED) is 0.716. The van der Waals surface area contributed by atoms with E-state index in [9.17, 15) is 5.11 Å². The number of hydrogen-bond donors (Lipinski definition) is 1. The van der Waals surface area contributed by atoms with E-state index in [1.807, 2.05) is 6.92 Å². The highest BCUT2D eigenvalue weighted by Crippen LogP contribution is 2.35. The summed E-state index contributed by atoms with van der Waals surface area (Å²) in [6.07, 6.45) is 4.27. The molecule has 1 heterocycles. The molecule has 0 unspecified atom stereocenters. The highest BCUT2D eigenvalue weighted by molar-refractivity contribution is 5.80. The van der Waals surface area contributed by atoms with Crippen molar-refractivity contribution in [3.8, 4) is 5.75 Å². The molecule has 3 nitrogen and oxygen atoms in total. The highest BCUT2D eigenvalue weighted by Gasteiger charge is 2.19. The summed E-state index contributed by atoms with van der Waals surface area (Å²) >= 11 is 0. The van der Waals surface area contributed by atoms with Gasteiger partial charge in [0, 0.05) is 24.1 Å². The van der Waals surface area contributed by atoms with Crippen molar-refractivity contribution < 1.29 is 9.52 Å². The monoisotopic (exact) mass is 203 g/mol. The van der Waals surface area contributed by atoms with E-state index in [0.717, 1.165) is 41.5 Å². The number of phenolic OH excluding ortho intramolecular Hbond substituents is 1. The molecule has 0 atom stereocenters. The fraction of sp³-hybridized carbons (Fsp3) is 0.417. The zero-order valence-corrected chi connectivity index (χ0v) is 8.71. The fourth-order valence-corrected chi connectivity index (χ4v) is 2.41. The molecule has 1 aromatic heterocycles. The first-order valence-electron chi connectivity index (χ1n) is 5.36. The molecule has 0 saturated carbocycles. The van der Waals surface area contributed by atoms with E-state index in [-0.39, 0.29) is 0 Å². The third-order valence-corrected chi connectivity index (χ3v) is 3.08. The summed E-state index contributed by atoms with van der Waals surface area (Å²) in [6.45, 7) is 1.84. The number of phenols is 1. The molecule has 1 aliphatic carbocycles. The molecule has 1 aliphatic rings. The topological polar surface area (TPSA) is 46.3 Å². The van der Waals surface area contributed by atoms with Gasteiger partial charge >= 0.3 is 0 Å². The van der Waals surface area contributed by atoms with Gasteiger partial charge in [-0.25, -0.2) is 4.98 Å². The Labute approximate surface area is 87.7 Å². The van der Waals surface area contributed by atoms with Crippen LogP contribution in [0.3, 0.4) is 0 Å². The van der Waals surface area contributed by atoms with Gasteiger partial charge in [-0.15, -0.1) is 0 Å². The second-order valence-corrected chi connectivity index (χ2v) is 4.14. The number of aromatic hydroxyl groups is 1. The predicted octanol–water partition coefficient (Wildman–Crippen LogP) is 2.72. The first-order valence-corrected chi connectivity index (χ1v) is 5.36. The number of nitrogens with zero attached hydrogens (tertiary/aromatic N) is 1. The smallest absolute Gasteiger partial charge is 0.192 e. The Balaban J connectivity index is 2.38. The average Bonchev–Trinajstić information content (AvgIpc) is 2.59. The maximum Gasteiger partial charge on any atom is 0.192 e. The van der Waals surface area contributed by atoms with E-state index in [0.29, 0.717) is 11.6 Å². The van der Waals surface area contributed by atoms with E-state index < -0.39 is 0 Å². The third-order valence-electron chi connectivity index (χ3n) is 3.08. The first-order chi connectivity index (χ1) is 7.25. The summed E-state index contributed by atoms with van der Waals surface area (Å²) in [4.78, 5) is 4.26. The third kappa shape index (κ3) is 1.23.